The third-order valence-electron chi connectivity index (χ3n) is 1.80. The summed E-state index contributed by atoms with van der Waals surface area (Å²) < 4.78 is 0. The van der Waals surface area contributed by atoms with Crippen LogP contribution in [-0.4, -0.2) is 11.9 Å². The van der Waals surface area contributed by atoms with Gasteiger partial charge in [-0.15, -0.1) is 5.56 Å². The van der Waals surface area contributed by atoms with Crippen molar-refractivity contribution < 1.29 is 36.9 Å². The van der Waals surface area contributed by atoms with Crippen molar-refractivity contribution in [1.82, 2.24) is 0 Å². The summed E-state index contributed by atoms with van der Waals surface area (Å²) in [5.41, 5.74) is 0.481. The number of carboxylic acid groups (broad SMARTS) is 2. The molecule has 0 amide bonds. The summed E-state index contributed by atoms with van der Waals surface area (Å²) in [6, 6.07) is 12.6. The molecule has 0 saturated heterocycles. The molecule has 0 unspecified atom stereocenters. The van der Waals surface area contributed by atoms with Gasteiger partial charge in [0.1, 0.15) is 0 Å². The average Bonchev–Trinajstić information content (AvgIpc) is 2.93. The van der Waals surface area contributed by atoms with E-state index in [1.165, 1.54) is 24.3 Å². The molecule has 0 aromatic heterocycles. The summed E-state index contributed by atoms with van der Waals surface area (Å²) in [5.74, 6) is -2.23. The molecule has 0 aliphatic rings. The van der Waals surface area contributed by atoms with Crippen molar-refractivity contribution in [3.8, 4) is 0 Å². The normalized spacial score (nSPS) is 8.47. The topological polar surface area (TPSA) is 80.3 Å². The van der Waals surface area contributed by atoms with Gasteiger partial charge in [-0.1, -0.05) is 0 Å². The SMILES string of the molecule is O=C([O-])[c-]1[cH-][cH-][cH-][cH-]1.O=C([O-])[c-]1cccc1.[Fe]. The van der Waals surface area contributed by atoms with E-state index >= 15 is 0 Å². The van der Waals surface area contributed by atoms with E-state index in [2.05, 4.69) is 0 Å². The standard InChI is InChI=1S/2C6H5O2.Fe/c2*7-6(8)5-3-1-2-4-5;/h2*1-4H,(H,7,8);/q-5;-1;/p-2. The molecule has 2 rings (SSSR count). The predicted octanol–water partition coefficient (Wildman–Crippen LogP) is -0.465. The van der Waals surface area contributed by atoms with Gasteiger partial charge < -0.3 is 55.6 Å². The first kappa shape index (κ1) is 15.2. The Morgan fingerprint density at radius 2 is 1.41 bits per heavy atom. The fourth-order valence-electron chi connectivity index (χ4n) is 1.02. The molecule has 0 aliphatic heterocycles. The Morgan fingerprint density at radius 1 is 0.941 bits per heavy atom. The molecule has 0 saturated carbocycles. The van der Waals surface area contributed by atoms with Crippen molar-refractivity contribution >= 4 is 11.9 Å². The van der Waals surface area contributed by atoms with Gasteiger partial charge in [0, 0.05) is 23.0 Å². The van der Waals surface area contributed by atoms with E-state index in [4.69, 9.17) is 0 Å². The Kier molecular flexibility index (Phi) is 6.63. The minimum atomic E-state index is -1.12. The Hall–Kier alpha value is -1.84. The quantitative estimate of drug-likeness (QED) is 0.547. The Bertz CT molecular complexity index is 399. The zero-order valence-electron chi connectivity index (χ0n) is 8.61. The minimum absolute atomic E-state index is 0. The minimum Gasteiger partial charge on any atom is -0.748 e. The van der Waals surface area contributed by atoms with Gasteiger partial charge in [-0.3, -0.25) is 0 Å². The smallest absolute Gasteiger partial charge is 0.0154 e. The van der Waals surface area contributed by atoms with Crippen LogP contribution in [0.25, 0.3) is 0 Å². The molecule has 0 spiro atoms. The number of carbonyl (C=O) groups excluding carboxylic acids is 2. The molecule has 0 bridgehead atoms. The van der Waals surface area contributed by atoms with E-state index in [0.29, 0.717) is 0 Å². The van der Waals surface area contributed by atoms with Crippen LogP contribution in [-0.2, 0) is 17.1 Å². The molecule has 2 aromatic carbocycles. The predicted molar refractivity (Wildman–Crippen MR) is 52.7 cm³/mol. The molecule has 96 valence electrons. The van der Waals surface area contributed by atoms with Crippen LogP contribution in [0.2, 0.25) is 0 Å². The second kappa shape index (κ2) is 7.44. The fraction of sp³-hybridized carbons (Fsp3) is 0. The molecule has 4 nitrogen and oxygen atoms in total. The van der Waals surface area contributed by atoms with Crippen LogP contribution in [0.4, 0.5) is 0 Å². The summed E-state index contributed by atoms with van der Waals surface area (Å²) in [5, 5.41) is 19.9. The first-order valence-corrected chi connectivity index (χ1v) is 4.47. The summed E-state index contributed by atoms with van der Waals surface area (Å²) in [6.45, 7) is 0. The van der Waals surface area contributed by atoms with Crippen molar-refractivity contribution in [3.63, 3.8) is 0 Å². The third kappa shape index (κ3) is 5.15. The van der Waals surface area contributed by atoms with Crippen molar-refractivity contribution in [3.05, 3.63) is 59.7 Å². The first-order chi connectivity index (χ1) is 7.61. The van der Waals surface area contributed by atoms with Gasteiger partial charge in [0.05, 0.1) is 0 Å². The number of carboxylic acids is 2. The van der Waals surface area contributed by atoms with Crippen molar-refractivity contribution in [2.24, 2.45) is 0 Å². The molecule has 0 N–H and O–H groups in total. The van der Waals surface area contributed by atoms with Crippen LogP contribution >= 0.6 is 0 Å². The number of rotatable bonds is 2. The van der Waals surface area contributed by atoms with Crippen molar-refractivity contribution in [2.45, 2.75) is 0 Å². The monoisotopic (exact) mass is 272 g/mol. The van der Waals surface area contributed by atoms with E-state index < -0.39 is 11.9 Å². The molecule has 0 radical (unpaired) electrons. The van der Waals surface area contributed by atoms with E-state index in [1.807, 2.05) is 0 Å². The van der Waals surface area contributed by atoms with Gasteiger partial charge in [-0.05, 0) is 0 Å². The molecule has 2 aromatic rings. The van der Waals surface area contributed by atoms with Gasteiger partial charge in [0.15, 0.2) is 0 Å². The van der Waals surface area contributed by atoms with E-state index in [1.54, 1.807) is 24.3 Å². The summed E-state index contributed by atoms with van der Waals surface area (Å²) in [7, 11) is 0. The van der Waals surface area contributed by atoms with Crippen LogP contribution < -0.4 is 10.2 Å². The number of carbonyl (C=O) groups is 2. The van der Waals surface area contributed by atoms with Gasteiger partial charge in [0.2, 0.25) is 0 Å². The van der Waals surface area contributed by atoms with Crippen LogP contribution in [0.5, 0.6) is 0 Å². The molecule has 5 heteroatoms. The zero-order chi connectivity index (χ0) is 12.0. The molecular formula is C12H8FeO4-8. The van der Waals surface area contributed by atoms with Crippen LogP contribution in [0.1, 0.15) is 20.7 Å². The maximum atomic E-state index is 9.95. The van der Waals surface area contributed by atoms with Gasteiger partial charge >= 0.3 is 0 Å². The summed E-state index contributed by atoms with van der Waals surface area (Å²) in [6.07, 6.45) is 0. The second-order valence-electron chi connectivity index (χ2n) is 2.92. The van der Waals surface area contributed by atoms with Gasteiger partial charge in [-0.25, -0.2) is 12.1 Å². The Labute approximate surface area is 109 Å². The van der Waals surface area contributed by atoms with E-state index in [-0.39, 0.29) is 28.2 Å². The number of hydrogen-bond donors (Lipinski definition) is 0. The second-order valence-corrected chi connectivity index (χ2v) is 2.92. The number of hydrogen-bond acceptors (Lipinski definition) is 4. The van der Waals surface area contributed by atoms with E-state index in [0.717, 1.165) is 0 Å². The largest absolute Gasteiger partial charge is 0.748 e. The maximum absolute atomic E-state index is 9.95. The summed E-state index contributed by atoms with van der Waals surface area (Å²) >= 11 is 0. The zero-order valence-corrected chi connectivity index (χ0v) is 9.71. The van der Waals surface area contributed by atoms with Crippen LogP contribution in [0.3, 0.4) is 0 Å². The average molecular weight is 272 g/mol. The van der Waals surface area contributed by atoms with Crippen molar-refractivity contribution in [1.29, 1.82) is 0 Å². The van der Waals surface area contributed by atoms with Crippen LogP contribution in [0, 0.1) is 0 Å². The molecule has 17 heavy (non-hydrogen) atoms. The van der Waals surface area contributed by atoms with Crippen molar-refractivity contribution in [2.75, 3.05) is 0 Å². The molecule has 0 atom stereocenters. The molecule has 0 fully saturated rings. The Morgan fingerprint density at radius 3 is 1.65 bits per heavy atom. The van der Waals surface area contributed by atoms with E-state index in [9.17, 15) is 19.8 Å². The first-order valence-electron chi connectivity index (χ1n) is 4.47. The third-order valence-corrected chi connectivity index (χ3v) is 1.80. The molecular weight excluding hydrogens is 264 g/mol. The van der Waals surface area contributed by atoms with Gasteiger partial charge in [0.25, 0.3) is 0 Å². The molecule has 0 aliphatic carbocycles. The number of aromatic carboxylic acids is 2. The fourth-order valence-corrected chi connectivity index (χ4v) is 1.02. The summed E-state index contributed by atoms with van der Waals surface area (Å²) in [4.78, 5) is 19.9. The maximum Gasteiger partial charge on any atom is 0.0154 e. The van der Waals surface area contributed by atoms with Crippen LogP contribution in [0.15, 0.2) is 48.5 Å². The van der Waals surface area contributed by atoms with Gasteiger partial charge in [-0.2, -0.15) is 12.1 Å². The Balaban J connectivity index is 0.000000284. The molecule has 0 heterocycles.